The number of benzene rings is 2. The zero-order valence-electron chi connectivity index (χ0n) is 22.1. The van der Waals surface area contributed by atoms with Gasteiger partial charge in [-0.2, -0.15) is 0 Å². The number of carbonyl (C=O) groups excluding carboxylic acids is 1. The van der Waals surface area contributed by atoms with Gasteiger partial charge in [-0.3, -0.25) is 14.2 Å². The van der Waals surface area contributed by atoms with Crippen molar-refractivity contribution < 1.29 is 18.7 Å². The van der Waals surface area contributed by atoms with E-state index < -0.39 is 6.04 Å². The van der Waals surface area contributed by atoms with Crippen LogP contribution in [0.15, 0.2) is 92.2 Å². The second-order valence-corrected chi connectivity index (χ2v) is 10.5. The lowest BCUT2D eigenvalue weighted by Crippen LogP contribution is -2.40. The standard InChI is InChI=1S/C30H28N4O5S/c1-19-26(28(35)32-21-6-4-3-5-7-21)27(20-8-10-22(37-2)11-9-20)34-29(36)24(40-30(34)31-19)18-23-12-13-25(39-23)33-14-16-38-17-15-33/h3-13,18,27H,14-17H2,1-2H3,(H,32,35)/b24-18+/t27-/m1/s1. The van der Waals surface area contributed by atoms with Crippen molar-refractivity contribution in [2.24, 2.45) is 4.99 Å². The summed E-state index contributed by atoms with van der Waals surface area (Å²) in [5.74, 6) is 1.68. The first-order chi connectivity index (χ1) is 19.5. The van der Waals surface area contributed by atoms with Crippen LogP contribution in [0.4, 0.5) is 11.6 Å². The molecule has 0 spiro atoms. The van der Waals surface area contributed by atoms with Gasteiger partial charge in [0, 0.05) is 30.9 Å². The van der Waals surface area contributed by atoms with Crippen LogP contribution in [0.25, 0.3) is 6.08 Å². The SMILES string of the molecule is COc1ccc([C@@H]2C(C(=O)Nc3ccccc3)=C(C)N=c3s/c(=C/c4ccc(N5CCOCC5)o4)c(=O)n32)cc1. The van der Waals surface area contributed by atoms with E-state index in [0.717, 1.165) is 24.5 Å². The van der Waals surface area contributed by atoms with Gasteiger partial charge in [0.05, 0.1) is 42.2 Å². The van der Waals surface area contributed by atoms with Crippen LogP contribution in [-0.4, -0.2) is 43.9 Å². The number of allylic oxidation sites excluding steroid dienone is 1. The minimum Gasteiger partial charge on any atom is -0.497 e. The van der Waals surface area contributed by atoms with Crippen molar-refractivity contribution in [3.63, 3.8) is 0 Å². The minimum absolute atomic E-state index is 0.244. The molecule has 1 amide bonds. The van der Waals surface area contributed by atoms with Gasteiger partial charge in [0.25, 0.3) is 11.5 Å². The Labute approximate surface area is 234 Å². The molecule has 2 aromatic heterocycles. The van der Waals surface area contributed by atoms with Crippen LogP contribution in [0.5, 0.6) is 5.75 Å². The van der Waals surface area contributed by atoms with Crippen LogP contribution in [0, 0.1) is 0 Å². The van der Waals surface area contributed by atoms with Gasteiger partial charge in [0.2, 0.25) is 0 Å². The number of furan rings is 1. The summed E-state index contributed by atoms with van der Waals surface area (Å²) in [5, 5.41) is 2.97. The molecule has 10 heteroatoms. The highest BCUT2D eigenvalue weighted by Gasteiger charge is 2.32. The summed E-state index contributed by atoms with van der Waals surface area (Å²) in [5.41, 5.74) is 2.14. The molecule has 0 unspecified atom stereocenters. The Morgan fingerprint density at radius 2 is 1.82 bits per heavy atom. The topological polar surface area (TPSA) is 98.3 Å². The van der Waals surface area contributed by atoms with Crippen molar-refractivity contribution in [3.05, 3.63) is 109 Å². The number of aromatic nitrogens is 1. The van der Waals surface area contributed by atoms with E-state index in [1.165, 1.54) is 11.3 Å². The van der Waals surface area contributed by atoms with Gasteiger partial charge in [-0.25, -0.2) is 4.99 Å². The fourth-order valence-corrected chi connectivity index (χ4v) is 5.96. The lowest BCUT2D eigenvalue weighted by molar-refractivity contribution is -0.113. The van der Waals surface area contributed by atoms with E-state index in [0.29, 0.717) is 51.0 Å². The van der Waals surface area contributed by atoms with Crippen molar-refractivity contribution in [1.29, 1.82) is 0 Å². The van der Waals surface area contributed by atoms with Crippen LogP contribution < -0.4 is 29.8 Å². The molecular weight excluding hydrogens is 528 g/mol. The van der Waals surface area contributed by atoms with Gasteiger partial charge >= 0.3 is 0 Å². The molecule has 1 fully saturated rings. The third-order valence-corrected chi connectivity index (χ3v) is 7.92. The first kappa shape index (κ1) is 25.8. The highest BCUT2D eigenvalue weighted by Crippen LogP contribution is 2.31. The Morgan fingerprint density at radius 3 is 2.55 bits per heavy atom. The van der Waals surface area contributed by atoms with Crippen molar-refractivity contribution >= 4 is 34.9 Å². The smallest absolute Gasteiger partial charge is 0.271 e. The number of hydrogen-bond acceptors (Lipinski definition) is 8. The summed E-state index contributed by atoms with van der Waals surface area (Å²) in [6, 6.07) is 19.7. The molecule has 4 heterocycles. The maximum atomic E-state index is 13.9. The summed E-state index contributed by atoms with van der Waals surface area (Å²) in [7, 11) is 1.60. The molecule has 1 saturated heterocycles. The molecule has 4 aromatic rings. The number of methoxy groups -OCH3 is 1. The Kier molecular flexibility index (Phi) is 7.10. The highest BCUT2D eigenvalue weighted by atomic mass is 32.1. The molecule has 204 valence electrons. The number of hydrogen-bond donors (Lipinski definition) is 1. The molecule has 0 aliphatic carbocycles. The lowest BCUT2D eigenvalue weighted by atomic mass is 9.95. The van der Waals surface area contributed by atoms with E-state index in [2.05, 4.69) is 10.2 Å². The van der Waals surface area contributed by atoms with Crippen LogP contribution >= 0.6 is 11.3 Å². The monoisotopic (exact) mass is 556 g/mol. The maximum Gasteiger partial charge on any atom is 0.271 e. The number of ether oxygens (including phenoxy) is 2. The van der Waals surface area contributed by atoms with Crippen LogP contribution in [0.1, 0.15) is 24.3 Å². The molecule has 2 aliphatic heterocycles. The third kappa shape index (κ3) is 4.99. The first-order valence-corrected chi connectivity index (χ1v) is 13.8. The van der Waals surface area contributed by atoms with Gasteiger partial charge < -0.3 is 24.1 Å². The Bertz CT molecular complexity index is 1750. The second-order valence-electron chi connectivity index (χ2n) is 9.45. The van der Waals surface area contributed by atoms with E-state index in [1.807, 2.05) is 66.7 Å². The average molecular weight is 557 g/mol. The van der Waals surface area contributed by atoms with Gasteiger partial charge in [-0.1, -0.05) is 41.7 Å². The van der Waals surface area contributed by atoms with Gasteiger partial charge in [0.15, 0.2) is 10.7 Å². The number of thiazole rings is 1. The number of para-hydroxylation sites is 1. The summed E-state index contributed by atoms with van der Waals surface area (Å²) < 4.78 is 18.9. The predicted octanol–water partition coefficient (Wildman–Crippen LogP) is 3.31. The summed E-state index contributed by atoms with van der Waals surface area (Å²) >= 11 is 1.27. The summed E-state index contributed by atoms with van der Waals surface area (Å²) in [6.45, 7) is 4.61. The van der Waals surface area contributed by atoms with Crippen molar-refractivity contribution in [2.45, 2.75) is 13.0 Å². The number of rotatable bonds is 6. The van der Waals surface area contributed by atoms with Gasteiger partial charge in [-0.05, 0) is 42.8 Å². The Hall–Kier alpha value is -4.41. The predicted molar refractivity (Wildman–Crippen MR) is 154 cm³/mol. The first-order valence-electron chi connectivity index (χ1n) is 13.0. The molecule has 0 saturated carbocycles. The second kappa shape index (κ2) is 11.0. The molecule has 1 atom stereocenters. The molecule has 1 N–H and O–H groups in total. The normalized spacial score (nSPS) is 17.4. The van der Waals surface area contributed by atoms with E-state index in [9.17, 15) is 9.59 Å². The maximum absolute atomic E-state index is 13.9. The van der Waals surface area contributed by atoms with Crippen molar-refractivity contribution in [2.75, 3.05) is 43.6 Å². The molecule has 9 nitrogen and oxygen atoms in total. The molecule has 40 heavy (non-hydrogen) atoms. The fourth-order valence-electron chi connectivity index (χ4n) is 4.94. The van der Waals surface area contributed by atoms with E-state index in [-0.39, 0.29) is 11.5 Å². The quantitative estimate of drug-likeness (QED) is 0.391. The molecule has 2 aromatic carbocycles. The number of nitrogens with one attached hydrogen (secondary N) is 1. The van der Waals surface area contributed by atoms with Crippen LogP contribution in [0.2, 0.25) is 0 Å². The molecular formula is C30H28N4O5S. The Balaban J connectivity index is 1.43. The average Bonchev–Trinajstić information content (AvgIpc) is 3.57. The summed E-state index contributed by atoms with van der Waals surface area (Å²) in [4.78, 5) is 34.9. The number of morpholine rings is 1. The van der Waals surface area contributed by atoms with Crippen molar-refractivity contribution in [1.82, 2.24) is 4.57 Å². The number of fused-ring (bicyclic) bond motifs is 1. The third-order valence-electron chi connectivity index (χ3n) is 6.94. The zero-order valence-corrected chi connectivity index (χ0v) is 22.9. The van der Waals surface area contributed by atoms with Crippen LogP contribution in [-0.2, 0) is 9.53 Å². The molecule has 0 bridgehead atoms. The van der Waals surface area contributed by atoms with Gasteiger partial charge in [0.1, 0.15) is 11.5 Å². The number of anilines is 2. The van der Waals surface area contributed by atoms with E-state index in [4.69, 9.17) is 18.9 Å². The summed E-state index contributed by atoms with van der Waals surface area (Å²) in [6.07, 6.45) is 1.74. The number of nitrogens with zero attached hydrogens (tertiary/aromatic N) is 3. The number of carbonyl (C=O) groups is 1. The number of amides is 1. The lowest BCUT2D eigenvalue weighted by Gasteiger charge is -2.26. The largest absolute Gasteiger partial charge is 0.497 e. The van der Waals surface area contributed by atoms with E-state index >= 15 is 0 Å². The fraction of sp³-hybridized carbons (Fsp3) is 0.233. The molecule has 2 aliphatic rings. The highest BCUT2D eigenvalue weighted by molar-refractivity contribution is 7.07. The molecule has 6 rings (SSSR count). The Morgan fingerprint density at radius 1 is 1.07 bits per heavy atom. The minimum atomic E-state index is -0.673. The van der Waals surface area contributed by atoms with Crippen molar-refractivity contribution in [3.8, 4) is 5.75 Å². The zero-order chi connectivity index (χ0) is 27.6. The van der Waals surface area contributed by atoms with Gasteiger partial charge in [-0.15, -0.1) is 0 Å². The van der Waals surface area contributed by atoms with Crippen LogP contribution in [0.3, 0.4) is 0 Å². The van der Waals surface area contributed by atoms with E-state index in [1.54, 1.807) is 24.7 Å². The molecule has 0 radical (unpaired) electrons.